The summed E-state index contributed by atoms with van der Waals surface area (Å²) in [5, 5.41) is 15.7. The Morgan fingerprint density at radius 1 is 1.67 bits per heavy atom. The third kappa shape index (κ3) is 1.19. The summed E-state index contributed by atoms with van der Waals surface area (Å²) in [6, 6.07) is 0.262. The largest absolute Gasteiger partial charge is 0.491 e. The Bertz CT molecular complexity index is 194. The summed E-state index contributed by atoms with van der Waals surface area (Å²) < 4.78 is 1.59. The van der Waals surface area contributed by atoms with Crippen LogP contribution in [0.3, 0.4) is 0 Å². The van der Waals surface area contributed by atoms with Gasteiger partial charge in [-0.25, -0.2) is 4.68 Å². The van der Waals surface area contributed by atoms with Crippen LogP contribution >= 0.6 is 0 Å². The topological polar surface area (TPSA) is 50.9 Å². The highest BCUT2D eigenvalue weighted by atomic mass is 16.3. The average Bonchev–Trinajstić information content (AvgIpc) is 2.14. The third-order valence-electron chi connectivity index (χ3n) is 1.03. The van der Waals surface area contributed by atoms with E-state index in [1.54, 1.807) is 4.68 Å². The van der Waals surface area contributed by atoms with Crippen LogP contribution in [0.25, 0.3) is 0 Å². The Balaban J connectivity index is 2.85. The SMILES string of the molecule is CC(C)n1cc(O)nn1. The minimum absolute atomic E-state index is 0.0244. The van der Waals surface area contributed by atoms with Gasteiger partial charge < -0.3 is 5.11 Å². The third-order valence-corrected chi connectivity index (χ3v) is 1.03. The highest BCUT2D eigenvalue weighted by molar-refractivity contribution is 4.95. The highest BCUT2D eigenvalue weighted by Gasteiger charge is 1.99. The first-order valence-electron chi connectivity index (χ1n) is 2.81. The average molecular weight is 127 g/mol. The predicted octanol–water partition coefficient (Wildman–Crippen LogP) is 0.565. The summed E-state index contributed by atoms with van der Waals surface area (Å²) in [7, 11) is 0. The molecule has 1 rings (SSSR count). The fourth-order valence-corrected chi connectivity index (χ4v) is 0.520. The second-order valence-electron chi connectivity index (χ2n) is 2.15. The van der Waals surface area contributed by atoms with E-state index in [4.69, 9.17) is 5.11 Å². The van der Waals surface area contributed by atoms with Gasteiger partial charge in [0.1, 0.15) is 0 Å². The standard InChI is InChI=1S/C5H9N3O/c1-4(2)8-3-5(9)6-7-8/h3-4,9H,1-2H3. The van der Waals surface area contributed by atoms with Crippen LogP contribution in [0, 0.1) is 0 Å². The van der Waals surface area contributed by atoms with Crippen molar-refractivity contribution < 1.29 is 5.11 Å². The number of hydrogen-bond donors (Lipinski definition) is 1. The van der Waals surface area contributed by atoms with Crippen molar-refractivity contribution in [1.82, 2.24) is 15.0 Å². The second-order valence-corrected chi connectivity index (χ2v) is 2.15. The molecule has 1 aromatic heterocycles. The Hall–Kier alpha value is -1.06. The first-order valence-corrected chi connectivity index (χ1v) is 2.81. The van der Waals surface area contributed by atoms with Gasteiger partial charge in [-0.2, -0.15) is 0 Å². The summed E-state index contributed by atoms with van der Waals surface area (Å²) in [6.45, 7) is 3.93. The summed E-state index contributed by atoms with van der Waals surface area (Å²) in [4.78, 5) is 0. The minimum atomic E-state index is -0.0244. The molecule has 0 aliphatic carbocycles. The van der Waals surface area contributed by atoms with Crippen molar-refractivity contribution in [2.75, 3.05) is 0 Å². The molecule has 0 amide bonds. The van der Waals surface area contributed by atoms with Gasteiger partial charge in [0, 0.05) is 6.04 Å². The van der Waals surface area contributed by atoms with E-state index in [1.807, 2.05) is 13.8 Å². The van der Waals surface area contributed by atoms with Crippen LogP contribution in [0.15, 0.2) is 6.20 Å². The number of rotatable bonds is 1. The molecule has 1 aromatic rings. The second kappa shape index (κ2) is 2.05. The first kappa shape index (κ1) is 6.07. The molecule has 1 heterocycles. The van der Waals surface area contributed by atoms with Gasteiger partial charge in [-0.1, -0.05) is 10.3 Å². The number of hydrogen-bond acceptors (Lipinski definition) is 3. The molecule has 0 aromatic carbocycles. The number of aromatic hydroxyl groups is 1. The molecule has 0 fully saturated rings. The van der Waals surface area contributed by atoms with Crippen molar-refractivity contribution in [2.24, 2.45) is 0 Å². The minimum Gasteiger partial charge on any atom is -0.491 e. The smallest absolute Gasteiger partial charge is 0.251 e. The van der Waals surface area contributed by atoms with Gasteiger partial charge in [0.2, 0.25) is 0 Å². The van der Waals surface area contributed by atoms with E-state index in [0.29, 0.717) is 0 Å². The lowest BCUT2D eigenvalue weighted by Crippen LogP contribution is -2.00. The molecule has 0 saturated carbocycles. The molecule has 9 heavy (non-hydrogen) atoms. The molecule has 0 atom stereocenters. The lowest BCUT2D eigenvalue weighted by atomic mass is 10.4. The summed E-state index contributed by atoms with van der Waals surface area (Å²) in [5.74, 6) is -0.0244. The molecule has 0 aliphatic rings. The van der Waals surface area contributed by atoms with Crippen LogP contribution in [0.5, 0.6) is 5.88 Å². The molecule has 0 bridgehead atoms. The molecule has 50 valence electrons. The molecule has 4 heteroatoms. The van der Waals surface area contributed by atoms with Crippen molar-refractivity contribution in [3.63, 3.8) is 0 Å². The van der Waals surface area contributed by atoms with Gasteiger partial charge in [0.25, 0.3) is 5.88 Å². The molecule has 4 nitrogen and oxygen atoms in total. The quantitative estimate of drug-likeness (QED) is 0.599. The lowest BCUT2D eigenvalue weighted by Gasteiger charge is -1.99. The molecular formula is C5H9N3O. The summed E-state index contributed by atoms with van der Waals surface area (Å²) in [6.07, 6.45) is 1.49. The molecule has 0 unspecified atom stereocenters. The molecular weight excluding hydrogens is 118 g/mol. The predicted molar refractivity (Wildman–Crippen MR) is 32.1 cm³/mol. The van der Waals surface area contributed by atoms with E-state index in [0.717, 1.165) is 0 Å². The van der Waals surface area contributed by atoms with E-state index >= 15 is 0 Å². The molecule has 0 saturated heterocycles. The fourth-order valence-electron chi connectivity index (χ4n) is 0.520. The number of aromatic nitrogens is 3. The normalized spacial score (nSPS) is 10.6. The molecule has 0 radical (unpaired) electrons. The van der Waals surface area contributed by atoms with Crippen molar-refractivity contribution in [1.29, 1.82) is 0 Å². The maximum Gasteiger partial charge on any atom is 0.251 e. The van der Waals surface area contributed by atoms with Crippen molar-refractivity contribution in [3.05, 3.63) is 6.20 Å². The molecule has 1 N–H and O–H groups in total. The first-order chi connectivity index (χ1) is 4.20. The van der Waals surface area contributed by atoms with Crippen LogP contribution < -0.4 is 0 Å². The fraction of sp³-hybridized carbons (Fsp3) is 0.600. The Morgan fingerprint density at radius 3 is 2.56 bits per heavy atom. The maximum absolute atomic E-state index is 8.71. The van der Waals surface area contributed by atoms with E-state index < -0.39 is 0 Å². The van der Waals surface area contributed by atoms with E-state index in [2.05, 4.69) is 10.3 Å². The van der Waals surface area contributed by atoms with E-state index in [1.165, 1.54) is 6.20 Å². The van der Waals surface area contributed by atoms with Crippen LogP contribution in [-0.2, 0) is 0 Å². The Labute approximate surface area is 53.1 Å². The van der Waals surface area contributed by atoms with Gasteiger partial charge in [-0.05, 0) is 13.8 Å². The van der Waals surface area contributed by atoms with Crippen LogP contribution in [0.1, 0.15) is 19.9 Å². The van der Waals surface area contributed by atoms with Gasteiger partial charge in [0.05, 0.1) is 6.20 Å². The van der Waals surface area contributed by atoms with Gasteiger partial charge in [-0.3, -0.25) is 0 Å². The van der Waals surface area contributed by atoms with Crippen molar-refractivity contribution >= 4 is 0 Å². The zero-order chi connectivity index (χ0) is 6.85. The van der Waals surface area contributed by atoms with Gasteiger partial charge >= 0.3 is 0 Å². The monoisotopic (exact) mass is 127 g/mol. The summed E-state index contributed by atoms with van der Waals surface area (Å²) >= 11 is 0. The van der Waals surface area contributed by atoms with Crippen molar-refractivity contribution in [2.45, 2.75) is 19.9 Å². The van der Waals surface area contributed by atoms with Crippen LogP contribution in [-0.4, -0.2) is 20.1 Å². The highest BCUT2D eigenvalue weighted by Crippen LogP contribution is 2.05. The van der Waals surface area contributed by atoms with E-state index in [9.17, 15) is 0 Å². The Morgan fingerprint density at radius 2 is 2.33 bits per heavy atom. The zero-order valence-corrected chi connectivity index (χ0v) is 5.44. The molecule has 0 spiro atoms. The van der Waals surface area contributed by atoms with Crippen molar-refractivity contribution in [3.8, 4) is 5.88 Å². The number of nitrogens with zero attached hydrogens (tertiary/aromatic N) is 3. The molecule has 0 aliphatic heterocycles. The van der Waals surface area contributed by atoms with Gasteiger partial charge in [0.15, 0.2) is 0 Å². The zero-order valence-electron chi connectivity index (χ0n) is 5.44. The van der Waals surface area contributed by atoms with E-state index in [-0.39, 0.29) is 11.9 Å². The Kier molecular flexibility index (Phi) is 1.38. The van der Waals surface area contributed by atoms with Crippen LogP contribution in [0.2, 0.25) is 0 Å². The van der Waals surface area contributed by atoms with Crippen LogP contribution in [0.4, 0.5) is 0 Å². The maximum atomic E-state index is 8.71. The van der Waals surface area contributed by atoms with Gasteiger partial charge in [-0.15, -0.1) is 0 Å². The lowest BCUT2D eigenvalue weighted by molar-refractivity contribution is 0.452. The summed E-state index contributed by atoms with van der Waals surface area (Å²) in [5.41, 5.74) is 0.